The summed E-state index contributed by atoms with van der Waals surface area (Å²) >= 11 is 6.00. The van der Waals surface area contributed by atoms with Gasteiger partial charge >= 0.3 is 0 Å². The van der Waals surface area contributed by atoms with Gasteiger partial charge in [-0.15, -0.1) is 0 Å². The van der Waals surface area contributed by atoms with Crippen LogP contribution in [0.4, 0.5) is 5.69 Å². The molecule has 23 heavy (non-hydrogen) atoms. The Bertz CT molecular complexity index is 962. The second kappa shape index (κ2) is 5.66. The first-order valence-electron chi connectivity index (χ1n) is 6.57. The van der Waals surface area contributed by atoms with E-state index in [1.54, 1.807) is 24.3 Å². The fourth-order valence-corrected chi connectivity index (χ4v) is 2.64. The Hall–Kier alpha value is -2.99. The number of halogens is 1. The Kier molecular flexibility index (Phi) is 3.67. The van der Waals surface area contributed by atoms with E-state index in [4.69, 9.17) is 11.6 Å². The molecular formula is C16H9ClN2O4. The average Bonchev–Trinajstić information content (AvgIpc) is 2.93. The number of aldehydes is 1. The fraction of sp³-hybridized carbons (Fsp3) is 0. The predicted octanol–water partition coefficient (Wildman–Crippen LogP) is 3.70. The van der Waals surface area contributed by atoms with Gasteiger partial charge in [0, 0.05) is 29.3 Å². The van der Waals surface area contributed by atoms with Crippen molar-refractivity contribution in [2.24, 2.45) is 0 Å². The molecule has 1 heterocycles. The average molecular weight is 329 g/mol. The lowest BCUT2D eigenvalue weighted by atomic mass is 10.2. The Morgan fingerprint density at radius 1 is 1.22 bits per heavy atom. The van der Waals surface area contributed by atoms with Crippen LogP contribution in [0.5, 0.6) is 0 Å². The van der Waals surface area contributed by atoms with Gasteiger partial charge in [0.25, 0.3) is 11.6 Å². The van der Waals surface area contributed by atoms with Gasteiger partial charge in [-0.2, -0.15) is 0 Å². The summed E-state index contributed by atoms with van der Waals surface area (Å²) in [5.41, 5.74) is 0.869. The van der Waals surface area contributed by atoms with Gasteiger partial charge in [-0.25, -0.2) is 0 Å². The summed E-state index contributed by atoms with van der Waals surface area (Å²) in [7, 11) is 0. The van der Waals surface area contributed by atoms with E-state index in [0.717, 1.165) is 6.07 Å². The zero-order valence-corrected chi connectivity index (χ0v) is 12.4. The smallest absolute Gasteiger partial charge is 0.270 e. The lowest BCUT2D eigenvalue weighted by molar-refractivity contribution is -0.384. The Balaban J connectivity index is 2.15. The summed E-state index contributed by atoms with van der Waals surface area (Å²) in [6, 6.07) is 10.6. The van der Waals surface area contributed by atoms with Gasteiger partial charge in [-0.1, -0.05) is 29.8 Å². The van der Waals surface area contributed by atoms with Crippen molar-refractivity contribution < 1.29 is 14.5 Å². The van der Waals surface area contributed by atoms with Gasteiger partial charge in [-0.05, 0) is 12.1 Å². The second-order valence-electron chi connectivity index (χ2n) is 4.82. The van der Waals surface area contributed by atoms with E-state index < -0.39 is 10.8 Å². The number of hydrogen-bond donors (Lipinski definition) is 0. The van der Waals surface area contributed by atoms with Crippen molar-refractivity contribution in [3.63, 3.8) is 0 Å². The monoisotopic (exact) mass is 328 g/mol. The molecule has 0 unspecified atom stereocenters. The predicted molar refractivity (Wildman–Crippen MR) is 85.2 cm³/mol. The molecule has 3 aromatic rings. The maximum Gasteiger partial charge on any atom is 0.270 e. The van der Waals surface area contributed by atoms with Crippen LogP contribution in [0.3, 0.4) is 0 Å². The number of rotatable bonds is 3. The first-order valence-corrected chi connectivity index (χ1v) is 6.94. The van der Waals surface area contributed by atoms with Gasteiger partial charge in [0.2, 0.25) is 0 Å². The normalized spacial score (nSPS) is 10.7. The Morgan fingerprint density at radius 3 is 2.61 bits per heavy atom. The molecule has 0 radical (unpaired) electrons. The summed E-state index contributed by atoms with van der Waals surface area (Å²) < 4.78 is 1.31. The quantitative estimate of drug-likeness (QED) is 0.417. The lowest BCUT2D eigenvalue weighted by Gasteiger charge is -2.06. The molecule has 0 bridgehead atoms. The van der Waals surface area contributed by atoms with Gasteiger partial charge in [0.15, 0.2) is 6.29 Å². The van der Waals surface area contributed by atoms with Gasteiger partial charge in [-0.3, -0.25) is 24.3 Å². The number of fused-ring (bicyclic) bond motifs is 1. The third-order valence-electron chi connectivity index (χ3n) is 3.48. The number of benzene rings is 2. The third-order valence-corrected chi connectivity index (χ3v) is 3.80. The molecule has 0 saturated carbocycles. The third kappa shape index (κ3) is 2.49. The molecular weight excluding hydrogens is 320 g/mol. The molecule has 0 fully saturated rings. The van der Waals surface area contributed by atoms with Gasteiger partial charge in [0.1, 0.15) is 0 Å². The molecule has 0 N–H and O–H groups in total. The number of carbonyl (C=O) groups is 2. The number of nitrogens with zero attached hydrogens (tertiary/aromatic N) is 2. The first kappa shape index (κ1) is 14.9. The van der Waals surface area contributed by atoms with Crippen LogP contribution >= 0.6 is 11.6 Å². The minimum absolute atomic E-state index is 0.0189. The van der Waals surface area contributed by atoms with Crippen LogP contribution in [-0.2, 0) is 0 Å². The van der Waals surface area contributed by atoms with Crippen LogP contribution < -0.4 is 0 Å². The van der Waals surface area contributed by atoms with Crippen LogP contribution in [-0.4, -0.2) is 21.7 Å². The molecule has 0 aliphatic heterocycles. The topological polar surface area (TPSA) is 82.2 Å². The molecule has 7 heteroatoms. The highest BCUT2D eigenvalue weighted by molar-refractivity contribution is 6.34. The fourth-order valence-electron chi connectivity index (χ4n) is 2.39. The highest BCUT2D eigenvalue weighted by Crippen LogP contribution is 2.26. The van der Waals surface area contributed by atoms with Crippen LogP contribution in [0.2, 0.25) is 5.02 Å². The first-order chi connectivity index (χ1) is 11.0. The van der Waals surface area contributed by atoms with Crippen LogP contribution in [0.1, 0.15) is 20.7 Å². The maximum atomic E-state index is 12.7. The standard InChI is InChI=1S/C16H9ClN2O4/c17-14-7-11(19(22)23)5-6-13(14)16(21)18-8-10(9-20)12-3-1-2-4-15(12)18/h1-9H. The van der Waals surface area contributed by atoms with Crippen molar-refractivity contribution in [1.82, 2.24) is 4.57 Å². The van der Waals surface area contributed by atoms with Gasteiger partial charge in [0.05, 0.1) is 21.0 Å². The largest absolute Gasteiger partial charge is 0.298 e. The zero-order valence-electron chi connectivity index (χ0n) is 11.6. The summed E-state index contributed by atoms with van der Waals surface area (Å²) in [6.07, 6.45) is 2.10. The summed E-state index contributed by atoms with van der Waals surface area (Å²) in [4.78, 5) is 34.0. The van der Waals surface area contributed by atoms with Crippen LogP contribution in [0.25, 0.3) is 10.9 Å². The molecule has 0 atom stereocenters. The number of hydrogen-bond acceptors (Lipinski definition) is 4. The van der Waals surface area contributed by atoms with E-state index in [2.05, 4.69) is 0 Å². The van der Waals surface area contributed by atoms with Crippen LogP contribution in [0.15, 0.2) is 48.7 Å². The summed E-state index contributed by atoms with van der Waals surface area (Å²) in [5, 5.41) is 11.4. The maximum absolute atomic E-state index is 12.7. The highest BCUT2D eigenvalue weighted by atomic mass is 35.5. The van der Waals surface area contributed by atoms with Crippen LogP contribution in [0, 0.1) is 10.1 Å². The van der Waals surface area contributed by atoms with Crippen molar-refractivity contribution in [2.45, 2.75) is 0 Å². The SMILES string of the molecule is O=Cc1cn(C(=O)c2ccc([N+](=O)[O-])cc2Cl)c2ccccc12. The molecule has 0 amide bonds. The number of nitro benzene ring substituents is 1. The van der Waals surface area contributed by atoms with E-state index in [1.165, 1.54) is 22.9 Å². The molecule has 0 spiro atoms. The van der Waals surface area contributed by atoms with Crippen molar-refractivity contribution in [1.29, 1.82) is 0 Å². The van der Waals surface area contributed by atoms with Crippen molar-refractivity contribution in [3.8, 4) is 0 Å². The highest BCUT2D eigenvalue weighted by Gasteiger charge is 2.19. The van der Waals surface area contributed by atoms with Crippen molar-refractivity contribution in [2.75, 3.05) is 0 Å². The minimum atomic E-state index is -0.588. The molecule has 0 saturated heterocycles. The van der Waals surface area contributed by atoms with Crippen molar-refractivity contribution >= 4 is 40.4 Å². The summed E-state index contributed by atoms with van der Waals surface area (Å²) in [5.74, 6) is -0.464. The van der Waals surface area contributed by atoms with E-state index in [1.807, 2.05) is 0 Å². The van der Waals surface area contributed by atoms with Crippen molar-refractivity contribution in [3.05, 3.63) is 74.9 Å². The number of aromatic nitrogens is 1. The Labute approximate surface area is 135 Å². The second-order valence-corrected chi connectivity index (χ2v) is 5.22. The lowest BCUT2D eigenvalue weighted by Crippen LogP contribution is -2.11. The molecule has 6 nitrogen and oxygen atoms in total. The number of para-hydroxylation sites is 1. The number of non-ortho nitro benzene ring substituents is 1. The molecule has 0 aliphatic carbocycles. The number of carbonyl (C=O) groups excluding carboxylic acids is 2. The van der Waals surface area contributed by atoms with E-state index >= 15 is 0 Å². The molecule has 1 aromatic heterocycles. The van der Waals surface area contributed by atoms with Gasteiger partial charge < -0.3 is 0 Å². The molecule has 114 valence electrons. The van der Waals surface area contributed by atoms with E-state index in [0.29, 0.717) is 22.8 Å². The molecule has 2 aromatic carbocycles. The number of nitro groups is 1. The molecule has 3 rings (SSSR count). The minimum Gasteiger partial charge on any atom is -0.298 e. The molecule has 0 aliphatic rings. The summed E-state index contributed by atoms with van der Waals surface area (Å²) in [6.45, 7) is 0. The van der Waals surface area contributed by atoms with E-state index in [9.17, 15) is 19.7 Å². The van der Waals surface area contributed by atoms with E-state index in [-0.39, 0.29) is 16.3 Å². The zero-order chi connectivity index (χ0) is 16.6. The Morgan fingerprint density at radius 2 is 1.96 bits per heavy atom.